The summed E-state index contributed by atoms with van der Waals surface area (Å²) in [6, 6.07) is 7.99. The number of nitrogens with zero attached hydrogens (tertiary/aromatic N) is 1. The Hall–Kier alpha value is -1.61. The fourth-order valence-corrected chi connectivity index (χ4v) is 1.41. The van der Waals surface area contributed by atoms with Gasteiger partial charge in [0.2, 0.25) is 0 Å². The van der Waals surface area contributed by atoms with Crippen molar-refractivity contribution in [3.63, 3.8) is 0 Å². The summed E-state index contributed by atoms with van der Waals surface area (Å²) in [5, 5.41) is 0.513. The maximum absolute atomic E-state index is 13.2. The quantitative estimate of drug-likeness (QED) is 0.816. The molecule has 0 atom stereocenters. The third kappa shape index (κ3) is 2.49. The summed E-state index contributed by atoms with van der Waals surface area (Å²) in [7, 11) is 0. The van der Waals surface area contributed by atoms with E-state index in [-0.39, 0.29) is 18.2 Å². The first-order chi connectivity index (χ1) is 7.77. The standard InChI is InChI=1S/C12H9ClFNO/c13-10-7-15-6-5-9(10)8-16-12-4-2-1-3-11(12)14/h1-7H,8H2. The van der Waals surface area contributed by atoms with Crippen LogP contribution in [0.4, 0.5) is 4.39 Å². The van der Waals surface area contributed by atoms with Crippen LogP contribution in [0.5, 0.6) is 5.75 Å². The van der Waals surface area contributed by atoms with Gasteiger partial charge < -0.3 is 4.74 Å². The van der Waals surface area contributed by atoms with E-state index < -0.39 is 0 Å². The molecule has 0 radical (unpaired) electrons. The van der Waals surface area contributed by atoms with E-state index >= 15 is 0 Å². The monoisotopic (exact) mass is 237 g/mol. The molecule has 2 aromatic rings. The molecule has 0 aliphatic rings. The number of hydrogen-bond donors (Lipinski definition) is 0. The normalized spacial score (nSPS) is 10.1. The summed E-state index contributed by atoms with van der Waals surface area (Å²) >= 11 is 5.89. The van der Waals surface area contributed by atoms with Crippen molar-refractivity contribution in [2.24, 2.45) is 0 Å². The molecule has 0 bridgehead atoms. The highest BCUT2D eigenvalue weighted by molar-refractivity contribution is 6.31. The van der Waals surface area contributed by atoms with Gasteiger partial charge >= 0.3 is 0 Å². The van der Waals surface area contributed by atoms with Crippen molar-refractivity contribution < 1.29 is 9.13 Å². The highest BCUT2D eigenvalue weighted by Crippen LogP contribution is 2.19. The van der Waals surface area contributed by atoms with E-state index in [9.17, 15) is 4.39 Å². The van der Waals surface area contributed by atoms with Gasteiger partial charge in [0.1, 0.15) is 6.61 Å². The van der Waals surface area contributed by atoms with Gasteiger partial charge in [-0.15, -0.1) is 0 Å². The van der Waals surface area contributed by atoms with Crippen LogP contribution in [0.3, 0.4) is 0 Å². The Morgan fingerprint density at radius 2 is 2.06 bits per heavy atom. The minimum absolute atomic E-state index is 0.218. The Kier molecular flexibility index (Phi) is 3.37. The molecule has 0 saturated carbocycles. The molecule has 2 nitrogen and oxygen atoms in total. The highest BCUT2D eigenvalue weighted by Gasteiger charge is 2.04. The maximum atomic E-state index is 13.2. The predicted octanol–water partition coefficient (Wildman–Crippen LogP) is 3.45. The lowest BCUT2D eigenvalue weighted by Gasteiger charge is -2.07. The van der Waals surface area contributed by atoms with Crippen LogP contribution in [-0.2, 0) is 6.61 Å². The topological polar surface area (TPSA) is 22.1 Å². The second-order valence-corrected chi connectivity index (χ2v) is 3.59. The van der Waals surface area contributed by atoms with Crippen molar-refractivity contribution in [3.8, 4) is 5.75 Å². The molecule has 16 heavy (non-hydrogen) atoms. The zero-order chi connectivity index (χ0) is 11.4. The van der Waals surface area contributed by atoms with E-state index in [4.69, 9.17) is 16.3 Å². The van der Waals surface area contributed by atoms with E-state index in [0.717, 1.165) is 5.56 Å². The maximum Gasteiger partial charge on any atom is 0.165 e. The van der Waals surface area contributed by atoms with E-state index in [1.165, 1.54) is 12.3 Å². The number of aromatic nitrogens is 1. The van der Waals surface area contributed by atoms with E-state index in [1.54, 1.807) is 30.5 Å². The molecule has 2 rings (SSSR count). The van der Waals surface area contributed by atoms with Crippen molar-refractivity contribution in [2.75, 3.05) is 0 Å². The zero-order valence-corrected chi connectivity index (χ0v) is 9.12. The van der Waals surface area contributed by atoms with Gasteiger partial charge in [-0.3, -0.25) is 4.98 Å². The molecule has 1 aromatic carbocycles. The molecule has 0 spiro atoms. The molecule has 0 unspecified atom stereocenters. The molecule has 0 saturated heterocycles. The van der Waals surface area contributed by atoms with Gasteiger partial charge in [0.15, 0.2) is 11.6 Å². The minimum Gasteiger partial charge on any atom is -0.486 e. The smallest absolute Gasteiger partial charge is 0.165 e. The van der Waals surface area contributed by atoms with Crippen molar-refractivity contribution >= 4 is 11.6 Å². The van der Waals surface area contributed by atoms with Gasteiger partial charge in [-0.05, 0) is 18.2 Å². The van der Waals surface area contributed by atoms with Crippen LogP contribution in [-0.4, -0.2) is 4.98 Å². The number of hydrogen-bond acceptors (Lipinski definition) is 2. The van der Waals surface area contributed by atoms with Crippen LogP contribution in [0.2, 0.25) is 5.02 Å². The lowest BCUT2D eigenvalue weighted by molar-refractivity contribution is 0.290. The van der Waals surface area contributed by atoms with Crippen LogP contribution in [0.25, 0.3) is 0 Å². The molecule has 0 N–H and O–H groups in total. The van der Waals surface area contributed by atoms with Crippen LogP contribution in [0, 0.1) is 5.82 Å². The van der Waals surface area contributed by atoms with Gasteiger partial charge in [-0.1, -0.05) is 23.7 Å². The first-order valence-electron chi connectivity index (χ1n) is 4.73. The molecule has 0 amide bonds. The van der Waals surface area contributed by atoms with Crippen LogP contribution in [0.15, 0.2) is 42.7 Å². The summed E-state index contributed by atoms with van der Waals surface area (Å²) in [5.74, 6) is -0.164. The first-order valence-corrected chi connectivity index (χ1v) is 5.11. The lowest BCUT2D eigenvalue weighted by atomic mass is 10.3. The van der Waals surface area contributed by atoms with Crippen LogP contribution >= 0.6 is 11.6 Å². The molecule has 82 valence electrons. The second-order valence-electron chi connectivity index (χ2n) is 3.19. The van der Waals surface area contributed by atoms with Gasteiger partial charge in [0.25, 0.3) is 0 Å². The minimum atomic E-state index is -0.382. The average Bonchev–Trinajstić information content (AvgIpc) is 2.30. The average molecular weight is 238 g/mol. The number of para-hydroxylation sites is 1. The first kappa shape index (κ1) is 10.9. The lowest BCUT2D eigenvalue weighted by Crippen LogP contribution is -1.98. The van der Waals surface area contributed by atoms with Crippen molar-refractivity contribution in [1.82, 2.24) is 4.98 Å². The fraction of sp³-hybridized carbons (Fsp3) is 0.0833. The third-order valence-electron chi connectivity index (χ3n) is 2.08. The molecule has 1 aromatic heterocycles. The van der Waals surface area contributed by atoms with E-state index in [2.05, 4.69) is 4.98 Å². The highest BCUT2D eigenvalue weighted by atomic mass is 35.5. The van der Waals surface area contributed by atoms with Crippen LogP contribution in [0.1, 0.15) is 5.56 Å². The van der Waals surface area contributed by atoms with Gasteiger partial charge in [-0.25, -0.2) is 4.39 Å². The van der Waals surface area contributed by atoms with E-state index in [0.29, 0.717) is 5.02 Å². The SMILES string of the molecule is Fc1ccccc1OCc1ccncc1Cl. The summed E-state index contributed by atoms with van der Waals surface area (Å²) in [6.07, 6.45) is 3.15. The predicted molar refractivity (Wildman–Crippen MR) is 60.0 cm³/mol. The largest absolute Gasteiger partial charge is 0.486 e. The van der Waals surface area contributed by atoms with E-state index in [1.807, 2.05) is 0 Å². The number of pyridine rings is 1. The second kappa shape index (κ2) is 4.94. The Labute approximate surface area is 97.7 Å². The summed E-state index contributed by atoms with van der Waals surface area (Å²) in [4.78, 5) is 3.86. The number of ether oxygens (including phenoxy) is 1. The van der Waals surface area contributed by atoms with Crippen molar-refractivity contribution in [3.05, 3.63) is 59.1 Å². The molecule has 1 heterocycles. The summed E-state index contributed by atoms with van der Waals surface area (Å²) < 4.78 is 18.5. The molecule has 0 aliphatic heterocycles. The summed E-state index contributed by atoms with van der Waals surface area (Å²) in [6.45, 7) is 0.224. The Balaban J connectivity index is 2.09. The molecule has 0 fully saturated rings. The van der Waals surface area contributed by atoms with Gasteiger partial charge in [0.05, 0.1) is 5.02 Å². The molecule has 0 aliphatic carbocycles. The number of rotatable bonds is 3. The Morgan fingerprint density at radius 1 is 1.25 bits per heavy atom. The Bertz CT molecular complexity index is 444. The van der Waals surface area contributed by atoms with Crippen LogP contribution < -0.4 is 4.74 Å². The third-order valence-corrected chi connectivity index (χ3v) is 2.42. The summed E-state index contributed by atoms with van der Waals surface area (Å²) in [5.41, 5.74) is 0.778. The molecular weight excluding hydrogens is 229 g/mol. The number of benzene rings is 1. The van der Waals surface area contributed by atoms with Gasteiger partial charge in [0, 0.05) is 18.0 Å². The Morgan fingerprint density at radius 3 is 2.81 bits per heavy atom. The molecular formula is C12H9ClFNO. The zero-order valence-electron chi connectivity index (χ0n) is 8.36. The van der Waals surface area contributed by atoms with Crippen molar-refractivity contribution in [2.45, 2.75) is 6.61 Å². The fourth-order valence-electron chi connectivity index (χ4n) is 1.24. The number of halogens is 2. The molecule has 4 heteroatoms. The van der Waals surface area contributed by atoms with Gasteiger partial charge in [-0.2, -0.15) is 0 Å². The van der Waals surface area contributed by atoms with Crippen molar-refractivity contribution in [1.29, 1.82) is 0 Å².